The number of imide groups is 2. The molecule has 0 saturated carbocycles. The van der Waals surface area contributed by atoms with Gasteiger partial charge in [0.15, 0.2) is 5.60 Å². The molecule has 2 N–H and O–H groups in total. The molecule has 3 aromatic carbocycles. The Bertz CT molecular complexity index is 2180. The highest BCUT2D eigenvalue weighted by molar-refractivity contribution is 7.03. The summed E-state index contributed by atoms with van der Waals surface area (Å²) in [6, 6.07) is 17.8. The van der Waals surface area contributed by atoms with Crippen molar-refractivity contribution in [2.24, 2.45) is 5.73 Å². The second-order valence-corrected chi connectivity index (χ2v) is 20.3. The number of rotatable bonds is 9. The number of nitrogens with two attached hydrogens (primary N) is 1. The van der Waals surface area contributed by atoms with E-state index in [2.05, 4.69) is 12.1 Å². The lowest BCUT2D eigenvalue weighted by Gasteiger charge is -2.48. The maximum atomic E-state index is 14.1. The third kappa shape index (κ3) is 5.62. The first-order valence-electron chi connectivity index (χ1n) is 19.1. The Labute approximate surface area is 326 Å². The largest absolute Gasteiger partial charge is 0.441 e. The van der Waals surface area contributed by atoms with Crippen LogP contribution >= 0.6 is 0 Å². The van der Waals surface area contributed by atoms with Crippen LogP contribution in [-0.4, -0.2) is 104 Å². The Hall–Kier alpha value is -5.50. The predicted molar refractivity (Wildman–Crippen MR) is 211 cm³/mol. The molecule has 3 aromatic rings. The number of carbonyl (C=O) groups is 6. The third-order valence-corrected chi connectivity index (χ3v) is 17.8. The van der Waals surface area contributed by atoms with Crippen LogP contribution in [0, 0.1) is 6.92 Å². The second kappa shape index (κ2) is 13.6. The SMILES string of the molecule is Cc1cc2c(cc1C(N)=O)C1(OC2=O)c2ccc(CC(N(C)C)N3C(=O)C=CC3=O)cc2[Si]2(CCCCC2)c2cc(CC(N(C)C)N3C(=O)C=CC3=O)ccc21. The van der Waals surface area contributed by atoms with Gasteiger partial charge in [-0.2, -0.15) is 0 Å². The van der Waals surface area contributed by atoms with E-state index in [-0.39, 0.29) is 23.6 Å². The number of aryl methyl sites for hydroxylation is 1. The van der Waals surface area contributed by atoms with Crippen LogP contribution in [0.1, 0.15) is 73.4 Å². The highest BCUT2D eigenvalue weighted by Gasteiger charge is 2.58. The topological polar surface area (TPSA) is 151 Å². The lowest BCUT2D eigenvalue weighted by Crippen LogP contribution is -2.67. The standard InChI is InChI=1S/C43H45N5O7Si/c1-25-19-29-32(24-28(25)41(44)53)43(55-42(29)54)30-11-9-26(22-35(45(2)3)47-37(49)13-14-38(47)50)20-33(30)56(17-7-6-8-18-56)34-21-27(10-12-31(34)43)23-36(46(4)5)48-39(51)15-16-40(48)52/h9-16,19-21,24,35-36H,6-8,17-18,22-23H2,1-5H3,(H2,44,53). The molecule has 0 aliphatic carbocycles. The maximum Gasteiger partial charge on any atom is 0.340 e. The second-order valence-electron chi connectivity index (χ2n) is 16.1. The molecule has 8 rings (SSSR count). The minimum absolute atomic E-state index is 0.303. The normalized spacial score (nSPS) is 21.7. The van der Waals surface area contributed by atoms with Gasteiger partial charge in [0.1, 0.15) is 8.07 Å². The van der Waals surface area contributed by atoms with Crippen molar-refractivity contribution in [1.29, 1.82) is 0 Å². The molecule has 5 aliphatic rings. The molecule has 13 heteroatoms. The van der Waals surface area contributed by atoms with Gasteiger partial charge in [0, 0.05) is 59.4 Å². The van der Waals surface area contributed by atoms with Gasteiger partial charge in [-0.15, -0.1) is 0 Å². The lowest BCUT2D eigenvalue weighted by atomic mass is 9.77. The van der Waals surface area contributed by atoms with E-state index in [1.54, 1.807) is 19.1 Å². The number of benzene rings is 3. The number of fused-ring (bicyclic) bond motifs is 8. The smallest absolute Gasteiger partial charge is 0.340 e. The first-order valence-corrected chi connectivity index (χ1v) is 21.5. The van der Waals surface area contributed by atoms with Crippen LogP contribution in [0.15, 0.2) is 72.8 Å². The van der Waals surface area contributed by atoms with Crippen molar-refractivity contribution >= 4 is 54.0 Å². The van der Waals surface area contributed by atoms with Crippen LogP contribution in [0.2, 0.25) is 12.1 Å². The van der Waals surface area contributed by atoms with Gasteiger partial charge in [0.25, 0.3) is 23.6 Å². The summed E-state index contributed by atoms with van der Waals surface area (Å²) in [6.07, 6.45) is 7.99. The molecule has 0 radical (unpaired) electrons. The summed E-state index contributed by atoms with van der Waals surface area (Å²) in [4.78, 5) is 84.7. The Morgan fingerprint density at radius 3 is 1.61 bits per heavy atom. The Morgan fingerprint density at radius 1 is 0.714 bits per heavy atom. The average molecular weight is 772 g/mol. The van der Waals surface area contributed by atoms with Crippen molar-refractivity contribution in [3.63, 3.8) is 0 Å². The average Bonchev–Trinajstić information content (AvgIpc) is 3.78. The van der Waals surface area contributed by atoms with Gasteiger partial charge in [0.2, 0.25) is 5.91 Å². The fourth-order valence-corrected chi connectivity index (χ4v) is 15.5. The zero-order chi connectivity index (χ0) is 39.8. The van der Waals surface area contributed by atoms with Crippen molar-refractivity contribution in [3.8, 4) is 0 Å². The summed E-state index contributed by atoms with van der Waals surface area (Å²) < 4.78 is 6.68. The van der Waals surface area contributed by atoms with Crippen LogP contribution < -0.4 is 16.1 Å². The minimum Gasteiger partial charge on any atom is -0.441 e. The number of primary amides is 1. The summed E-state index contributed by atoms with van der Waals surface area (Å²) in [7, 11) is 4.73. The zero-order valence-corrected chi connectivity index (χ0v) is 33.3. The number of ether oxygens (including phenoxy) is 1. The van der Waals surface area contributed by atoms with E-state index in [0.717, 1.165) is 64.0 Å². The fourth-order valence-electron chi connectivity index (χ4n) is 9.75. The van der Waals surface area contributed by atoms with Gasteiger partial charge in [-0.05, 0) is 86.4 Å². The third-order valence-electron chi connectivity index (χ3n) is 12.5. The maximum absolute atomic E-state index is 14.1. The quantitative estimate of drug-likeness (QED) is 0.197. The van der Waals surface area contributed by atoms with Crippen LogP contribution in [0.3, 0.4) is 0 Å². The summed E-state index contributed by atoms with van der Waals surface area (Å²) in [5, 5.41) is 2.24. The first-order chi connectivity index (χ1) is 26.7. The van der Waals surface area contributed by atoms with Gasteiger partial charge in [0.05, 0.1) is 17.9 Å². The van der Waals surface area contributed by atoms with Crippen LogP contribution in [0.4, 0.5) is 0 Å². The van der Waals surface area contributed by atoms with E-state index >= 15 is 0 Å². The van der Waals surface area contributed by atoms with Gasteiger partial charge in [-0.1, -0.05) is 55.7 Å². The fraction of sp³-hybridized carbons (Fsp3) is 0.349. The van der Waals surface area contributed by atoms with Crippen LogP contribution in [0.25, 0.3) is 0 Å². The number of likely N-dealkylation sites (N-methyl/N-ethyl adjacent to an activating group) is 2. The van der Waals surface area contributed by atoms with Crippen molar-refractivity contribution in [3.05, 3.63) is 117 Å². The summed E-state index contributed by atoms with van der Waals surface area (Å²) in [5.74, 6) is -2.53. The van der Waals surface area contributed by atoms with Gasteiger partial charge < -0.3 is 10.5 Å². The molecule has 1 saturated heterocycles. The number of amides is 5. The van der Waals surface area contributed by atoms with E-state index < -0.39 is 37.9 Å². The number of hydrogen-bond donors (Lipinski definition) is 1. The van der Waals surface area contributed by atoms with Gasteiger partial charge in [-0.3, -0.25) is 43.6 Å². The molecular formula is C43H45N5O7Si. The zero-order valence-electron chi connectivity index (χ0n) is 32.3. The van der Waals surface area contributed by atoms with Crippen molar-refractivity contribution in [1.82, 2.24) is 19.6 Å². The molecule has 0 aromatic heterocycles. The number of nitrogens with zero attached hydrogens (tertiary/aromatic N) is 4. The van der Waals surface area contributed by atoms with Gasteiger partial charge in [-0.25, -0.2) is 4.79 Å². The summed E-state index contributed by atoms with van der Waals surface area (Å²) in [5.41, 5.74) is 9.89. The molecule has 0 bridgehead atoms. The van der Waals surface area contributed by atoms with Crippen LogP contribution in [0.5, 0.6) is 0 Å². The lowest BCUT2D eigenvalue weighted by molar-refractivity contribution is -0.144. The number of hydrogen-bond acceptors (Lipinski definition) is 9. The molecule has 5 amide bonds. The molecule has 12 nitrogen and oxygen atoms in total. The highest BCUT2D eigenvalue weighted by atomic mass is 28.3. The minimum atomic E-state index is -2.66. The number of esters is 1. The van der Waals surface area contributed by atoms with E-state index in [4.69, 9.17) is 10.5 Å². The Kier molecular flexibility index (Phi) is 9.09. The van der Waals surface area contributed by atoms with Crippen LogP contribution in [-0.2, 0) is 42.4 Å². The van der Waals surface area contributed by atoms with E-state index in [1.807, 2.05) is 62.3 Å². The van der Waals surface area contributed by atoms with Gasteiger partial charge >= 0.3 is 5.97 Å². The molecule has 288 valence electrons. The predicted octanol–water partition coefficient (Wildman–Crippen LogP) is 2.33. The molecule has 56 heavy (non-hydrogen) atoms. The van der Waals surface area contributed by atoms with Crippen molar-refractivity contribution in [2.45, 2.75) is 69.0 Å². The summed E-state index contributed by atoms with van der Waals surface area (Å²) >= 11 is 0. The molecule has 5 heterocycles. The highest BCUT2D eigenvalue weighted by Crippen LogP contribution is 2.51. The molecule has 2 unspecified atom stereocenters. The Balaban J connectivity index is 1.35. The van der Waals surface area contributed by atoms with E-state index in [1.165, 1.54) is 34.1 Å². The monoisotopic (exact) mass is 771 g/mol. The molecule has 1 fully saturated rings. The van der Waals surface area contributed by atoms with Crippen molar-refractivity contribution in [2.75, 3.05) is 28.2 Å². The Morgan fingerprint density at radius 2 is 1.18 bits per heavy atom. The van der Waals surface area contributed by atoms with Crippen molar-refractivity contribution < 1.29 is 33.5 Å². The van der Waals surface area contributed by atoms with E-state index in [9.17, 15) is 28.8 Å². The first kappa shape index (κ1) is 37.4. The molecule has 5 aliphatic heterocycles. The number of carbonyl (C=O) groups excluding carboxylic acids is 6. The molecular weight excluding hydrogens is 727 g/mol. The van der Waals surface area contributed by atoms with E-state index in [0.29, 0.717) is 35.1 Å². The molecule has 2 atom stereocenters. The molecule has 2 spiro atoms. The summed E-state index contributed by atoms with van der Waals surface area (Å²) in [6.45, 7) is 1.75.